The molecule has 84 heavy (non-hydrogen) atoms. The molecule has 6 aromatic heterocycles. The number of aliphatic hydroxyl groups is 1. The summed E-state index contributed by atoms with van der Waals surface area (Å²) >= 11 is 6.13. The van der Waals surface area contributed by atoms with Crippen molar-refractivity contribution in [2.24, 2.45) is 0 Å². The van der Waals surface area contributed by atoms with E-state index in [1.165, 1.54) is 6.07 Å². The molecule has 7 N–H and O–H groups in total. The first-order valence-corrected chi connectivity index (χ1v) is 27.2. The predicted molar refractivity (Wildman–Crippen MR) is 317 cm³/mol. The highest BCUT2D eigenvalue weighted by Crippen LogP contribution is 2.36. The quantitative estimate of drug-likeness (QED) is 0.0352. The summed E-state index contributed by atoms with van der Waals surface area (Å²) in [5.41, 5.74) is 6.77. The monoisotopic (exact) mass is 1160 g/mol. The van der Waals surface area contributed by atoms with Gasteiger partial charge in [0.15, 0.2) is 22.9 Å². The van der Waals surface area contributed by atoms with Gasteiger partial charge in [0.1, 0.15) is 18.1 Å². The normalized spacial score (nSPS) is 12.3. The highest BCUT2D eigenvalue weighted by atomic mass is 35.5. The summed E-state index contributed by atoms with van der Waals surface area (Å²) in [6.45, 7) is 4.29. The second-order valence-electron chi connectivity index (χ2n) is 19.2. The Bertz CT molecular complexity index is 3850. The van der Waals surface area contributed by atoms with E-state index in [-0.39, 0.29) is 24.7 Å². The summed E-state index contributed by atoms with van der Waals surface area (Å²) in [6.07, 6.45) is 15.9. The van der Waals surface area contributed by atoms with Crippen LogP contribution in [0.3, 0.4) is 0 Å². The Labute approximate surface area is 485 Å². The number of nitrogens with zero attached hydrogens (tertiary/aromatic N) is 9. The molecule has 1 aliphatic rings. The van der Waals surface area contributed by atoms with E-state index in [9.17, 15) is 22.8 Å². The lowest BCUT2D eigenvalue weighted by molar-refractivity contribution is -0.137. The summed E-state index contributed by atoms with van der Waals surface area (Å²) in [4.78, 5) is 54.6. The molecule has 1 aliphatic heterocycles. The lowest BCUT2D eigenvalue weighted by atomic mass is 10.1. The molecule has 0 atom stereocenters. The molecule has 0 bridgehead atoms. The molecule has 20 nitrogen and oxygen atoms in total. The minimum Gasteiger partial charge on any atom is -0.491 e. The van der Waals surface area contributed by atoms with E-state index in [0.717, 1.165) is 54.8 Å². The molecule has 10 aromatic rings. The van der Waals surface area contributed by atoms with E-state index in [1.807, 2.05) is 82.1 Å². The molecule has 0 spiro atoms. The van der Waals surface area contributed by atoms with Crippen LogP contribution in [-0.2, 0) is 19.3 Å². The Morgan fingerprint density at radius 3 is 1.64 bits per heavy atom. The summed E-state index contributed by atoms with van der Waals surface area (Å²) in [5, 5.41) is 27.0. The Balaban J connectivity index is 0.000000189. The minimum atomic E-state index is -4.58. The van der Waals surface area contributed by atoms with Crippen molar-refractivity contribution in [3.63, 3.8) is 0 Å². The van der Waals surface area contributed by atoms with Gasteiger partial charge in [0.05, 0.1) is 34.9 Å². The fourth-order valence-corrected chi connectivity index (χ4v) is 9.20. The molecule has 4 aromatic carbocycles. The lowest BCUT2D eigenvalue weighted by Gasteiger charge is -2.18. The molecule has 1 saturated heterocycles. The molecule has 11 rings (SSSR count). The number of likely N-dealkylation sites (tertiary alicyclic amines) is 1. The maximum atomic E-state index is 13.5. The number of rotatable bonds is 20. The Morgan fingerprint density at radius 2 is 1.12 bits per heavy atom. The third-order valence-corrected chi connectivity index (χ3v) is 13.4. The van der Waals surface area contributed by atoms with Gasteiger partial charge in [-0.15, -0.1) is 0 Å². The highest BCUT2D eigenvalue weighted by Gasteiger charge is 2.31. The van der Waals surface area contributed by atoms with Gasteiger partial charge in [-0.3, -0.25) is 14.9 Å². The molecule has 7 heterocycles. The number of alkyl halides is 3. The minimum absolute atomic E-state index is 0.0120. The van der Waals surface area contributed by atoms with Gasteiger partial charge in [-0.1, -0.05) is 35.9 Å². The smallest absolute Gasteiger partial charge is 0.416 e. The Kier molecular flexibility index (Phi) is 18.6. The Morgan fingerprint density at radius 1 is 0.607 bits per heavy atom. The largest absolute Gasteiger partial charge is 0.491 e. The van der Waals surface area contributed by atoms with Crippen LogP contribution in [0.1, 0.15) is 36.0 Å². The van der Waals surface area contributed by atoms with Crippen molar-refractivity contribution in [2.75, 3.05) is 71.4 Å². The van der Waals surface area contributed by atoms with Crippen molar-refractivity contribution in [1.82, 2.24) is 43.6 Å². The van der Waals surface area contributed by atoms with Crippen LogP contribution >= 0.6 is 11.6 Å². The van der Waals surface area contributed by atoms with E-state index in [4.69, 9.17) is 36.1 Å². The first-order chi connectivity index (χ1) is 40.9. The number of amides is 4. The number of nitrogens with one attached hydrogen (secondary N) is 6. The van der Waals surface area contributed by atoms with Gasteiger partial charge >= 0.3 is 18.2 Å². The molecule has 4 amide bonds. The van der Waals surface area contributed by atoms with Crippen LogP contribution in [-0.4, -0.2) is 100 Å². The molecule has 0 radical (unpaired) electrons. The van der Waals surface area contributed by atoms with Gasteiger partial charge in [0.25, 0.3) is 0 Å². The number of pyridine rings is 2. The van der Waals surface area contributed by atoms with E-state index in [1.54, 1.807) is 79.6 Å². The van der Waals surface area contributed by atoms with Crippen LogP contribution in [0.2, 0.25) is 5.02 Å². The zero-order chi connectivity index (χ0) is 58.3. The zero-order valence-corrected chi connectivity index (χ0v) is 45.8. The van der Waals surface area contributed by atoms with Crippen molar-refractivity contribution >= 4 is 69.3 Å². The summed E-state index contributed by atoms with van der Waals surface area (Å²) in [5.74, 6) is 1.84. The maximum Gasteiger partial charge on any atom is 0.416 e. The zero-order valence-electron chi connectivity index (χ0n) is 45.1. The third kappa shape index (κ3) is 15.4. The molecule has 0 aliphatic carbocycles. The number of aliphatic hydroxyl groups excluding tert-OH is 1. The number of ether oxygens (including phenoxy) is 2. The van der Waals surface area contributed by atoms with Crippen LogP contribution in [0.5, 0.6) is 11.5 Å². The van der Waals surface area contributed by atoms with Gasteiger partial charge in [-0.25, -0.2) is 29.5 Å². The van der Waals surface area contributed by atoms with E-state index < -0.39 is 23.8 Å². The third-order valence-electron chi connectivity index (χ3n) is 13.2. The maximum absolute atomic E-state index is 13.5. The molecule has 24 heteroatoms. The number of hydrogen-bond donors (Lipinski definition) is 7. The number of carbonyl (C=O) groups is 2. The Hall–Kier alpha value is -9.84. The summed E-state index contributed by atoms with van der Waals surface area (Å²) in [6, 6.07) is 28.9. The standard InChI is InChI=1S/C32H31F3N8O2.C28H26ClN7O3/c33-32(34,35)24-6-7-28(45-17-16-42-13-1-2-14-42)26(19-24)41-31(44)39-25-5-3-4-23(18-25)27-21-43-15-12-37-30(43)29(40-27)38-20-22-8-10-36-11-9-22;29-21-5-6-25(39-14-2-13-37)23(16-21)35-28(38)33-22-4-1-3-20(15-22)24-18-36-12-11-31-27(36)26(34-24)32-17-19-7-9-30-10-8-19/h3-12,15,18-19,21H,1-2,13-14,16-17,20H2,(H,38,40)(H2,39,41,44);1,3-12,15-16,18,37H,2,13-14,17H2,(H,32,34)(H2,33,35,38). The molecule has 0 saturated carbocycles. The SMILES string of the molecule is O=C(Nc1cccc(-c2cn3ccnc3c(NCc3ccncc3)n2)c1)Nc1cc(C(F)(F)F)ccc1OCCN1CCCC1.O=C(Nc1cccc(-c2cn3ccnc3c(NCc3ccncc3)n2)c1)Nc1cc(Cl)ccc1OCCCO. The number of benzene rings is 4. The predicted octanol–water partition coefficient (Wildman–Crippen LogP) is 12.0. The first kappa shape index (κ1) is 57.4. The topological polar surface area (TPSA) is 234 Å². The fraction of sp³-hybridized carbons (Fsp3) is 0.200. The van der Waals surface area contributed by atoms with Crippen molar-refractivity contribution < 1.29 is 37.3 Å². The van der Waals surface area contributed by atoms with E-state index >= 15 is 0 Å². The van der Waals surface area contributed by atoms with Gasteiger partial charge in [-0.05, 0) is 122 Å². The highest BCUT2D eigenvalue weighted by molar-refractivity contribution is 6.31. The van der Waals surface area contributed by atoms with E-state index in [0.29, 0.717) is 100 Å². The number of halogens is 4. The van der Waals surface area contributed by atoms with Crippen LogP contribution < -0.4 is 41.4 Å². The van der Waals surface area contributed by atoms with Gasteiger partial charge in [-0.2, -0.15) is 13.2 Å². The lowest BCUT2D eigenvalue weighted by Crippen LogP contribution is -2.25. The van der Waals surface area contributed by atoms with Crippen LogP contribution in [0.4, 0.5) is 57.1 Å². The summed E-state index contributed by atoms with van der Waals surface area (Å²) in [7, 11) is 0. The number of anilines is 6. The fourth-order valence-electron chi connectivity index (χ4n) is 9.03. The first-order valence-electron chi connectivity index (χ1n) is 26.8. The molecule has 1 fully saturated rings. The number of fused-ring (bicyclic) bond motifs is 2. The number of carbonyl (C=O) groups excluding carboxylic acids is 2. The van der Waals surface area contributed by atoms with Crippen molar-refractivity contribution in [1.29, 1.82) is 0 Å². The second-order valence-corrected chi connectivity index (χ2v) is 19.6. The molecule has 0 unspecified atom stereocenters. The van der Waals surface area contributed by atoms with Crippen LogP contribution in [0, 0.1) is 0 Å². The van der Waals surface area contributed by atoms with Gasteiger partial charge < -0.3 is 55.3 Å². The van der Waals surface area contributed by atoms with E-state index in [2.05, 4.69) is 56.7 Å². The number of aromatic nitrogens is 8. The van der Waals surface area contributed by atoms with Gasteiger partial charge in [0.2, 0.25) is 0 Å². The number of imidazole rings is 2. The average Bonchev–Trinajstić information content (AvgIpc) is 4.19. The second kappa shape index (κ2) is 27.3. The van der Waals surface area contributed by atoms with Crippen molar-refractivity contribution in [3.8, 4) is 34.0 Å². The van der Waals surface area contributed by atoms with Crippen molar-refractivity contribution in [3.05, 3.63) is 193 Å². The van der Waals surface area contributed by atoms with Crippen molar-refractivity contribution in [2.45, 2.75) is 38.5 Å². The molecule has 430 valence electrons. The average molecular weight is 1160 g/mol. The van der Waals surface area contributed by atoms with Crippen LogP contribution in [0.15, 0.2) is 171 Å². The summed E-state index contributed by atoms with van der Waals surface area (Å²) < 4.78 is 55.7. The van der Waals surface area contributed by atoms with Gasteiger partial charge in [0, 0.05) is 122 Å². The van der Waals surface area contributed by atoms with Crippen LogP contribution in [0.25, 0.3) is 33.8 Å². The molecular formula is C60H57ClF3N15O5. The number of urea groups is 2. The number of hydrogen-bond acceptors (Lipinski definition) is 14. The molecular weight excluding hydrogens is 1100 g/mol.